The summed E-state index contributed by atoms with van der Waals surface area (Å²) in [6, 6.07) is 84.7. The molecule has 5 heteroatoms. The van der Waals surface area contributed by atoms with Gasteiger partial charge >= 0.3 is 0 Å². The number of hydrogen-bond acceptors (Lipinski definition) is 5. The van der Waals surface area contributed by atoms with E-state index in [4.69, 9.17) is 19.4 Å². The molecule has 5 nitrogen and oxygen atoms in total. The Balaban J connectivity index is 0.991. The van der Waals surface area contributed by atoms with Crippen molar-refractivity contribution in [2.24, 2.45) is 0 Å². The van der Waals surface area contributed by atoms with Gasteiger partial charge in [-0.25, -0.2) is 15.0 Å². The average Bonchev–Trinajstić information content (AvgIpc) is 3.79. The molecule has 0 bridgehead atoms. The van der Waals surface area contributed by atoms with Crippen LogP contribution in [0.15, 0.2) is 247 Å². The van der Waals surface area contributed by atoms with E-state index in [1.807, 2.05) is 48.5 Å². The smallest absolute Gasteiger partial charge is 0.164 e. The van der Waals surface area contributed by atoms with Gasteiger partial charge in [-0.1, -0.05) is 182 Å². The maximum absolute atomic E-state index is 6.63. The minimum absolute atomic E-state index is 0.593. The Morgan fingerprint density at radius 2 is 0.682 bits per heavy atom. The second-order valence-electron chi connectivity index (χ2n) is 16.4. The lowest BCUT2D eigenvalue weighted by atomic mass is 9.93. The molecule has 0 amide bonds. The largest absolute Gasteiger partial charge is 0.455 e. The van der Waals surface area contributed by atoms with Crippen molar-refractivity contribution in [3.63, 3.8) is 0 Å². The topological polar surface area (TPSA) is 55.1 Å². The van der Waals surface area contributed by atoms with Gasteiger partial charge in [-0.3, -0.25) is 0 Å². The number of hydrogen-bond donors (Lipinski definition) is 0. The summed E-state index contributed by atoms with van der Waals surface area (Å²) in [4.78, 5) is 17.6. The number of aromatic nitrogens is 3. The number of furan rings is 1. The monoisotopic (exact) mass is 844 g/mol. The van der Waals surface area contributed by atoms with Gasteiger partial charge in [0.25, 0.3) is 0 Å². The van der Waals surface area contributed by atoms with Crippen LogP contribution in [-0.4, -0.2) is 15.0 Å². The molecule has 66 heavy (non-hydrogen) atoms. The molecule has 0 saturated carbocycles. The Labute approximate surface area is 382 Å². The van der Waals surface area contributed by atoms with E-state index in [9.17, 15) is 0 Å². The third-order valence-electron chi connectivity index (χ3n) is 12.3. The number of nitrogens with zero attached hydrogens (tertiary/aromatic N) is 4. The first-order valence-corrected chi connectivity index (χ1v) is 22.2. The fourth-order valence-corrected chi connectivity index (χ4v) is 9.01. The average molecular weight is 845 g/mol. The van der Waals surface area contributed by atoms with Crippen molar-refractivity contribution in [3.8, 4) is 67.5 Å². The van der Waals surface area contributed by atoms with E-state index in [2.05, 4.69) is 199 Å². The van der Waals surface area contributed by atoms with E-state index in [-0.39, 0.29) is 0 Å². The molecule has 0 aliphatic rings. The fourth-order valence-electron chi connectivity index (χ4n) is 9.01. The van der Waals surface area contributed by atoms with Crippen LogP contribution >= 0.6 is 0 Å². The summed E-state index contributed by atoms with van der Waals surface area (Å²) in [6.45, 7) is 0. The van der Waals surface area contributed by atoms with Gasteiger partial charge in [0.15, 0.2) is 17.5 Å². The van der Waals surface area contributed by atoms with Crippen LogP contribution in [0.4, 0.5) is 17.1 Å². The van der Waals surface area contributed by atoms with Crippen LogP contribution in [0.25, 0.3) is 100 Å². The van der Waals surface area contributed by atoms with Gasteiger partial charge in [0, 0.05) is 49.9 Å². The Morgan fingerprint density at radius 3 is 1.27 bits per heavy atom. The molecule has 0 aliphatic heterocycles. The maximum Gasteiger partial charge on any atom is 0.164 e. The highest BCUT2D eigenvalue weighted by molar-refractivity contribution is 6.19. The summed E-state index contributed by atoms with van der Waals surface area (Å²) < 4.78 is 6.63. The first-order chi connectivity index (χ1) is 32.7. The molecule has 0 unspecified atom stereocenters. The van der Waals surface area contributed by atoms with Crippen molar-refractivity contribution >= 4 is 49.8 Å². The number of benzene rings is 10. The molecular formula is C61H40N4O. The minimum Gasteiger partial charge on any atom is -0.455 e. The second kappa shape index (κ2) is 16.6. The summed E-state index contributed by atoms with van der Waals surface area (Å²) in [6.07, 6.45) is 0. The van der Waals surface area contributed by atoms with Crippen molar-refractivity contribution in [1.29, 1.82) is 0 Å². The highest BCUT2D eigenvalue weighted by Gasteiger charge is 2.19. The van der Waals surface area contributed by atoms with Crippen LogP contribution in [0.2, 0.25) is 0 Å². The summed E-state index contributed by atoms with van der Waals surface area (Å²) >= 11 is 0. The lowest BCUT2D eigenvalue weighted by Crippen LogP contribution is -2.09. The first-order valence-electron chi connectivity index (χ1n) is 22.2. The zero-order valence-corrected chi connectivity index (χ0v) is 35.8. The molecule has 310 valence electrons. The number of anilines is 3. The van der Waals surface area contributed by atoms with Crippen molar-refractivity contribution < 1.29 is 4.42 Å². The van der Waals surface area contributed by atoms with E-state index in [1.54, 1.807) is 0 Å². The molecule has 0 atom stereocenters. The Kier molecular flexibility index (Phi) is 9.77. The van der Waals surface area contributed by atoms with Gasteiger partial charge in [0.1, 0.15) is 11.2 Å². The third kappa shape index (κ3) is 7.25. The molecule has 12 aromatic rings. The fraction of sp³-hybridized carbons (Fsp3) is 0. The van der Waals surface area contributed by atoms with Gasteiger partial charge in [0.05, 0.1) is 0 Å². The van der Waals surface area contributed by atoms with E-state index in [0.717, 1.165) is 88.7 Å². The Bertz CT molecular complexity index is 3650. The Hall–Kier alpha value is -8.93. The van der Waals surface area contributed by atoms with Crippen LogP contribution in [0.3, 0.4) is 0 Å². The zero-order chi connectivity index (χ0) is 43.8. The highest BCUT2D eigenvalue weighted by Crippen LogP contribution is 2.43. The van der Waals surface area contributed by atoms with Crippen molar-refractivity contribution in [1.82, 2.24) is 15.0 Å². The van der Waals surface area contributed by atoms with Crippen LogP contribution in [0, 0.1) is 0 Å². The van der Waals surface area contributed by atoms with Gasteiger partial charge in [-0.2, -0.15) is 0 Å². The Morgan fingerprint density at radius 1 is 0.273 bits per heavy atom. The first kappa shape index (κ1) is 38.7. The van der Waals surface area contributed by atoms with E-state index in [1.165, 1.54) is 11.1 Å². The lowest BCUT2D eigenvalue weighted by Gasteiger charge is -2.26. The number of fused-ring (bicyclic) bond motifs is 5. The van der Waals surface area contributed by atoms with E-state index < -0.39 is 0 Å². The summed E-state index contributed by atoms with van der Waals surface area (Å²) in [5.41, 5.74) is 14.5. The van der Waals surface area contributed by atoms with Crippen LogP contribution in [0.1, 0.15) is 0 Å². The predicted octanol–water partition coefficient (Wildman–Crippen LogP) is 16.4. The molecule has 0 saturated heterocycles. The minimum atomic E-state index is 0.593. The number of rotatable bonds is 9. The molecule has 0 fully saturated rings. The van der Waals surface area contributed by atoms with Gasteiger partial charge < -0.3 is 9.32 Å². The quantitative estimate of drug-likeness (QED) is 0.145. The molecule has 2 heterocycles. The standard InChI is InChI=1S/C61H40N4O/c1-5-15-41(16-6-1)43-25-27-47(28-26-43)60-62-59(46-19-9-3-10-20-46)63-61(64-60)48-33-38-53-55(39-48)54(40-56-52-23-13-14-24-57(52)66-58(53)56)45-31-36-51(37-32-45)65(49-21-11-4-12-22-49)50-34-29-44(30-35-50)42-17-7-2-8-18-42/h1-40H. The summed E-state index contributed by atoms with van der Waals surface area (Å²) in [5, 5.41) is 4.21. The van der Waals surface area contributed by atoms with Crippen LogP contribution in [0.5, 0.6) is 0 Å². The zero-order valence-electron chi connectivity index (χ0n) is 35.8. The van der Waals surface area contributed by atoms with Gasteiger partial charge in [0.2, 0.25) is 0 Å². The summed E-state index contributed by atoms with van der Waals surface area (Å²) in [7, 11) is 0. The van der Waals surface area contributed by atoms with E-state index >= 15 is 0 Å². The highest BCUT2D eigenvalue weighted by atomic mass is 16.3. The van der Waals surface area contributed by atoms with Crippen LogP contribution < -0.4 is 4.90 Å². The lowest BCUT2D eigenvalue weighted by molar-refractivity contribution is 0.672. The maximum atomic E-state index is 6.63. The molecule has 0 radical (unpaired) electrons. The predicted molar refractivity (Wildman–Crippen MR) is 272 cm³/mol. The molecule has 0 aliphatic carbocycles. The SMILES string of the molecule is c1ccc(-c2ccc(-c3nc(-c4ccccc4)nc(-c4ccc5c(c4)c(-c4ccc(N(c6ccccc6)c6ccc(-c7ccccc7)cc6)cc4)cc4c6ccccc6oc54)n3)cc2)cc1. The second-order valence-corrected chi connectivity index (χ2v) is 16.4. The molecule has 0 spiro atoms. The van der Waals surface area contributed by atoms with Gasteiger partial charge in [-0.05, 0) is 99.4 Å². The van der Waals surface area contributed by atoms with Gasteiger partial charge in [-0.15, -0.1) is 0 Å². The molecule has 12 rings (SSSR count). The normalized spacial score (nSPS) is 11.3. The van der Waals surface area contributed by atoms with Crippen molar-refractivity contribution in [3.05, 3.63) is 243 Å². The molecule has 10 aromatic carbocycles. The van der Waals surface area contributed by atoms with E-state index in [0.29, 0.717) is 17.5 Å². The summed E-state index contributed by atoms with van der Waals surface area (Å²) in [5.74, 6) is 1.82. The van der Waals surface area contributed by atoms with Crippen molar-refractivity contribution in [2.75, 3.05) is 4.90 Å². The molecule has 2 aromatic heterocycles. The third-order valence-corrected chi connectivity index (χ3v) is 12.3. The molecular weight excluding hydrogens is 805 g/mol. The molecule has 0 N–H and O–H groups in total. The van der Waals surface area contributed by atoms with Crippen LogP contribution in [-0.2, 0) is 0 Å². The number of para-hydroxylation sites is 2. The van der Waals surface area contributed by atoms with Crippen molar-refractivity contribution in [2.45, 2.75) is 0 Å².